The number of fused-ring (bicyclic) bond motifs is 1. The van der Waals surface area contributed by atoms with E-state index in [0.29, 0.717) is 18.5 Å². The van der Waals surface area contributed by atoms with Crippen LogP contribution in [0.3, 0.4) is 0 Å². The first-order chi connectivity index (χ1) is 17.8. The Balaban J connectivity index is 1.45. The van der Waals surface area contributed by atoms with Gasteiger partial charge < -0.3 is 24.1 Å². The maximum atomic E-state index is 13.3. The van der Waals surface area contributed by atoms with Gasteiger partial charge in [0.2, 0.25) is 0 Å². The van der Waals surface area contributed by atoms with Crippen LogP contribution >= 0.6 is 0 Å². The normalized spacial score (nSPS) is 23.1. The molecule has 2 aromatic carbocycles. The van der Waals surface area contributed by atoms with Gasteiger partial charge in [-0.15, -0.1) is 0 Å². The first kappa shape index (κ1) is 28.9. The Morgan fingerprint density at radius 3 is 2.39 bits per heavy atom. The number of aromatic nitrogens is 1. The molecule has 208 valence electrons. The van der Waals surface area contributed by atoms with Gasteiger partial charge in [0.1, 0.15) is 6.10 Å². The fourth-order valence-electron chi connectivity index (χ4n) is 4.29. The van der Waals surface area contributed by atoms with Crippen molar-refractivity contribution in [3.05, 3.63) is 66.4 Å². The van der Waals surface area contributed by atoms with E-state index < -0.39 is 42.9 Å². The molecule has 0 radical (unpaired) electrons. The van der Waals surface area contributed by atoms with Crippen molar-refractivity contribution in [3.63, 3.8) is 0 Å². The van der Waals surface area contributed by atoms with Gasteiger partial charge in [-0.25, -0.2) is 12.4 Å². The molecule has 3 aromatic rings. The molecule has 2 heterocycles. The number of rotatable bonds is 9. The monoisotopic (exact) mass is 561 g/mol. The van der Waals surface area contributed by atoms with E-state index in [9.17, 15) is 18.6 Å². The van der Waals surface area contributed by atoms with Crippen LogP contribution in [0.4, 0.5) is 0 Å². The lowest BCUT2D eigenvalue weighted by molar-refractivity contribution is -0.270. The Kier molecular flexibility index (Phi) is 8.54. The highest BCUT2D eigenvalue weighted by Gasteiger charge is 2.41. The van der Waals surface area contributed by atoms with Crippen molar-refractivity contribution in [1.29, 1.82) is 0 Å². The van der Waals surface area contributed by atoms with Crippen LogP contribution in [-0.4, -0.2) is 68.7 Å². The van der Waals surface area contributed by atoms with Gasteiger partial charge in [0, 0.05) is 18.0 Å². The SMILES string of the molecule is CC(C)(C)[Si](C)(C)OC[C@@H]1C[C@H](O)[C@@H](O)[C@H](OCCc2cn(S(=O)(=O)c3ccccc3)c3ccccc23)O1. The van der Waals surface area contributed by atoms with Crippen LogP contribution < -0.4 is 0 Å². The third kappa shape index (κ3) is 6.07. The summed E-state index contributed by atoms with van der Waals surface area (Å²) in [5.41, 5.74) is 1.38. The summed E-state index contributed by atoms with van der Waals surface area (Å²) in [6, 6.07) is 15.6. The number of aliphatic hydroxyl groups excluding tert-OH is 2. The Bertz CT molecular complexity index is 1330. The second-order valence-corrected chi connectivity index (χ2v) is 18.0. The zero-order valence-corrected chi connectivity index (χ0v) is 24.5. The van der Waals surface area contributed by atoms with Crippen LogP contribution in [0, 0.1) is 0 Å². The number of hydrogen-bond acceptors (Lipinski definition) is 7. The van der Waals surface area contributed by atoms with Crippen LogP contribution in [0.15, 0.2) is 65.7 Å². The van der Waals surface area contributed by atoms with E-state index in [1.807, 2.05) is 12.1 Å². The average Bonchev–Trinajstić information content (AvgIpc) is 3.25. The number of hydrogen-bond donors (Lipinski definition) is 2. The number of ether oxygens (including phenoxy) is 2. The largest absolute Gasteiger partial charge is 0.414 e. The van der Waals surface area contributed by atoms with Gasteiger partial charge in [-0.3, -0.25) is 0 Å². The third-order valence-electron chi connectivity index (χ3n) is 7.65. The van der Waals surface area contributed by atoms with Crippen molar-refractivity contribution >= 4 is 29.2 Å². The minimum Gasteiger partial charge on any atom is -0.414 e. The summed E-state index contributed by atoms with van der Waals surface area (Å²) < 4.78 is 46.1. The molecular weight excluding hydrogens is 522 g/mol. The molecule has 0 aliphatic carbocycles. The quantitative estimate of drug-likeness (QED) is 0.375. The molecule has 0 bridgehead atoms. The summed E-state index contributed by atoms with van der Waals surface area (Å²) in [6.45, 7) is 11.3. The van der Waals surface area contributed by atoms with E-state index in [-0.39, 0.29) is 23.0 Å². The first-order valence-corrected chi connectivity index (χ1v) is 17.3. The van der Waals surface area contributed by atoms with E-state index in [2.05, 4.69) is 33.9 Å². The van der Waals surface area contributed by atoms with Crippen molar-refractivity contribution in [2.24, 2.45) is 0 Å². The molecule has 1 aliphatic rings. The smallest absolute Gasteiger partial charge is 0.268 e. The molecule has 1 aliphatic heterocycles. The predicted octanol–water partition coefficient (Wildman–Crippen LogP) is 4.30. The minimum atomic E-state index is -3.78. The van der Waals surface area contributed by atoms with E-state index in [0.717, 1.165) is 10.9 Å². The summed E-state index contributed by atoms with van der Waals surface area (Å²) in [7, 11) is -5.77. The molecule has 4 atom stereocenters. The second kappa shape index (κ2) is 11.2. The molecule has 0 amide bonds. The lowest BCUT2D eigenvalue weighted by Crippen LogP contribution is -2.52. The van der Waals surface area contributed by atoms with Crippen molar-refractivity contribution in [2.75, 3.05) is 13.2 Å². The van der Waals surface area contributed by atoms with E-state index in [4.69, 9.17) is 13.9 Å². The number of nitrogens with zero attached hydrogens (tertiary/aromatic N) is 1. The van der Waals surface area contributed by atoms with Gasteiger partial charge in [0.15, 0.2) is 14.6 Å². The first-order valence-electron chi connectivity index (χ1n) is 13.0. The predicted molar refractivity (Wildman–Crippen MR) is 149 cm³/mol. The van der Waals surface area contributed by atoms with Crippen molar-refractivity contribution in [3.8, 4) is 0 Å². The van der Waals surface area contributed by atoms with Crippen molar-refractivity contribution in [2.45, 2.75) is 81.2 Å². The summed E-state index contributed by atoms with van der Waals surface area (Å²) in [5.74, 6) is 0. The molecule has 38 heavy (non-hydrogen) atoms. The maximum absolute atomic E-state index is 13.3. The third-order valence-corrected chi connectivity index (χ3v) is 13.8. The summed E-state index contributed by atoms with van der Waals surface area (Å²) in [6.07, 6.45) is -1.29. The van der Waals surface area contributed by atoms with Crippen LogP contribution in [-0.2, 0) is 30.3 Å². The van der Waals surface area contributed by atoms with Gasteiger partial charge in [-0.05, 0) is 48.3 Å². The van der Waals surface area contributed by atoms with Gasteiger partial charge in [0.25, 0.3) is 10.0 Å². The van der Waals surface area contributed by atoms with E-state index in [1.54, 1.807) is 48.7 Å². The number of benzene rings is 2. The molecule has 8 nitrogen and oxygen atoms in total. The molecule has 4 rings (SSSR count). The lowest BCUT2D eigenvalue weighted by Gasteiger charge is -2.40. The molecule has 1 aromatic heterocycles. The second-order valence-electron chi connectivity index (χ2n) is 11.4. The topological polar surface area (TPSA) is 107 Å². The van der Waals surface area contributed by atoms with Gasteiger partial charge in [-0.1, -0.05) is 57.2 Å². The van der Waals surface area contributed by atoms with Crippen LogP contribution in [0.1, 0.15) is 32.8 Å². The highest BCUT2D eigenvalue weighted by molar-refractivity contribution is 7.90. The number of para-hydroxylation sites is 1. The Hall–Kier alpha value is -2.05. The molecule has 10 heteroatoms. The zero-order valence-electron chi connectivity index (χ0n) is 22.7. The van der Waals surface area contributed by atoms with E-state index in [1.165, 1.54) is 3.97 Å². The van der Waals surface area contributed by atoms with E-state index >= 15 is 0 Å². The molecule has 1 saturated heterocycles. The molecule has 0 unspecified atom stereocenters. The summed E-state index contributed by atoms with van der Waals surface area (Å²) in [4.78, 5) is 0.210. The maximum Gasteiger partial charge on any atom is 0.268 e. The van der Waals surface area contributed by atoms with Crippen LogP contribution in [0.25, 0.3) is 10.9 Å². The molecule has 1 fully saturated rings. The van der Waals surface area contributed by atoms with Crippen LogP contribution in [0.2, 0.25) is 18.1 Å². The highest BCUT2D eigenvalue weighted by atomic mass is 32.2. The standard InChI is InChI=1S/C28H39NO7SSi/c1-28(2,3)38(4,5)35-19-21-17-25(30)26(31)27(36-21)34-16-15-20-18-29(24-14-10-9-13-23(20)24)37(32,33)22-11-7-6-8-12-22/h6-14,18,21,25-27,30-31H,15-17,19H2,1-5H3/t21-,25-,26+,27+/m0/s1. The Morgan fingerprint density at radius 1 is 1.05 bits per heavy atom. The molecular formula is C28H39NO7SSi. The van der Waals surface area contributed by atoms with Gasteiger partial charge in [-0.2, -0.15) is 0 Å². The fourth-order valence-corrected chi connectivity index (χ4v) is 6.73. The number of aliphatic hydroxyl groups is 2. The fraction of sp³-hybridized carbons (Fsp3) is 0.500. The summed E-state index contributed by atoms with van der Waals surface area (Å²) in [5, 5.41) is 21.8. The van der Waals surface area contributed by atoms with Crippen LogP contribution in [0.5, 0.6) is 0 Å². The lowest BCUT2D eigenvalue weighted by atomic mass is 10.0. The molecule has 2 N–H and O–H groups in total. The zero-order chi connectivity index (χ0) is 27.7. The average molecular weight is 562 g/mol. The van der Waals surface area contributed by atoms with Crippen molar-refractivity contribution in [1.82, 2.24) is 3.97 Å². The van der Waals surface area contributed by atoms with Gasteiger partial charge in [0.05, 0.1) is 35.8 Å². The molecule has 0 saturated carbocycles. The minimum absolute atomic E-state index is 0.0445. The Labute approximate surface area is 226 Å². The Morgan fingerprint density at radius 2 is 1.71 bits per heavy atom. The van der Waals surface area contributed by atoms with Crippen molar-refractivity contribution < 1.29 is 32.5 Å². The van der Waals surface area contributed by atoms with Gasteiger partial charge >= 0.3 is 0 Å². The highest BCUT2D eigenvalue weighted by Crippen LogP contribution is 2.37. The summed E-state index contributed by atoms with van der Waals surface area (Å²) >= 11 is 0. The molecule has 0 spiro atoms.